The fraction of sp³-hybridized carbons (Fsp3) is 0.0714. The molecule has 0 saturated heterocycles. The van der Waals surface area contributed by atoms with Crippen LogP contribution in [0.4, 0.5) is 16.2 Å². The minimum absolute atomic E-state index is 0.0250. The molecule has 0 radical (unpaired) electrons. The molecule has 2 aromatic carbocycles. The van der Waals surface area contributed by atoms with E-state index < -0.39 is 16.1 Å². The number of carbonyl (C=O) groups excluding carboxylic acids is 1. The van der Waals surface area contributed by atoms with Crippen LogP contribution in [-0.4, -0.2) is 21.6 Å². The Hall–Kier alpha value is -2.25. The number of amides is 1. The van der Waals surface area contributed by atoms with Crippen molar-refractivity contribution in [2.24, 2.45) is 0 Å². The van der Waals surface area contributed by atoms with Gasteiger partial charge in [-0.25, -0.2) is 13.2 Å². The molecule has 2 aromatic rings. The van der Waals surface area contributed by atoms with Gasteiger partial charge in [0.1, 0.15) is 4.90 Å². The second kappa shape index (κ2) is 6.67. The second-order valence-electron chi connectivity index (χ2n) is 4.23. The Morgan fingerprint density at radius 3 is 2.45 bits per heavy atom. The van der Waals surface area contributed by atoms with Gasteiger partial charge in [0.15, 0.2) is 0 Å². The first kappa shape index (κ1) is 16.1. The molecule has 0 aliphatic heterocycles. The van der Waals surface area contributed by atoms with Crippen LogP contribution in [0.2, 0.25) is 5.02 Å². The van der Waals surface area contributed by atoms with Gasteiger partial charge in [0.2, 0.25) is 0 Å². The minimum Gasteiger partial charge on any atom is -0.453 e. The molecule has 0 unspecified atom stereocenters. The molecular formula is C14H13ClN2O4S. The van der Waals surface area contributed by atoms with E-state index in [0.717, 1.165) is 0 Å². The Balaban J connectivity index is 2.25. The zero-order valence-corrected chi connectivity index (χ0v) is 13.1. The van der Waals surface area contributed by atoms with Crippen molar-refractivity contribution >= 4 is 39.1 Å². The van der Waals surface area contributed by atoms with Crippen LogP contribution in [-0.2, 0) is 14.8 Å². The monoisotopic (exact) mass is 340 g/mol. The largest absolute Gasteiger partial charge is 0.453 e. The fourth-order valence-corrected chi connectivity index (χ4v) is 3.27. The van der Waals surface area contributed by atoms with E-state index in [1.165, 1.54) is 25.3 Å². The number of carbonyl (C=O) groups is 1. The molecule has 0 aliphatic rings. The third kappa shape index (κ3) is 3.90. The SMILES string of the molecule is COC(=O)Nc1cccc(NS(=O)(=O)c2ccccc2Cl)c1. The van der Waals surface area contributed by atoms with Gasteiger partial charge in [0.05, 0.1) is 17.8 Å². The topological polar surface area (TPSA) is 84.5 Å². The van der Waals surface area contributed by atoms with Gasteiger partial charge < -0.3 is 4.74 Å². The van der Waals surface area contributed by atoms with E-state index in [1.54, 1.807) is 30.3 Å². The van der Waals surface area contributed by atoms with Gasteiger partial charge in [-0.1, -0.05) is 29.8 Å². The molecule has 0 heterocycles. The van der Waals surface area contributed by atoms with E-state index in [9.17, 15) is 13.2 Å². The van der Waals surface area contributed by atoms with Crippen molar-refractivity contribution in [3.8, 4) is 0 Å². The molecule has 0 aromatic heterocycles. The lowest BCUT2D eigenvalue weighted by Crippen LogP contribution is -2.14. The molecule has 0 bridgehead atoms. The predicted molar refractivity (Wildman–Crippen MR) is 84.7 cm³/mol. The van der Waals surface area contributed by atoms with Crippen LogP contribution in [0.3, 0.4) is 0 Å². The number of methoxy groups -OCH3 is 1. The van der Waals surface area contributed by atoms with Crippen LogP contribution < -0.4 is 10.0 Å². The first-order chi connectivity index (χ1) is 10.4. The Morgan fingerprint density at radius 2 is 1.77 bits per heavy atom. The summed E-state index contributed by atoms with van der Waals surface area (Å²) < 4.78 is 31.5. The van der Waals surface area contributed by atoms with Crippen molar-refractivity contribution in [1.29, 1.82) is 0 Å². The summed E-state index contributed by atoms with van der Waals surface area (Å²) in [5.41, 5.74) is 0.681. The third-order valence-electron chi connectivity index (χ3n) is 2.67. The summed E-state index contributed by atoms with van der Waals surface area (Å²) in [7, 11) is -2.59. The molecule has 2 N–H and O–H groups in total. The number of sulfonamides is 1. The van der Waals surface area contributed by atoms with Gasteiger partial charge >= 0.3 is 6.09 Å². The first-order valence-corrected chi connectivity index (χ1v) is 8.01. The second-order valence-corrected chi connectivity index (χ2v) is 6.29. The lowest BCUT2D eigenvalue weighted by molar-refractivity contribution is 0.187. The van der Waals surface area contributed by atoms with Crippen LogP contribution in [0.1, 0.15) is 0 Å². The summed E-state index contributed by atoms with van der Waals surface area (Å²) in [6, 6.07) is 12.3. The van der Waals surface area contributed by atoms with Crippen molar-refractivity contribution in [1.82, 2.24) is 0 Å². The maximum absolute atomic E-state index is 12.3. The zero-order valence-electron chi connectivity index (χ0n) is 11.5. The maximum Gasteiger partial charge on any atom is 0.411 e. The maximum atomic E-state index is 12.3. The molecular weight excluding hydrogens is 328 g/mol. The lowest BCUT2D eigenvalue weighted by atomic mass is 10.3. The van der Waals surface area contributed by atoms with E-state index in [1.807, 2.05) is 0 Å². The van der Waals surface area contributed by atoms with Gasteiger partial charge in [-0.3, -0.25) is 10.0 Å². The van der Waals surface area contributed by atoms with E-state index >= 15 is 0 Å². The highest BCUT2D eigenvalue weighted by molar-refractivity contribution is 7.92. The van der Waals surface area contributed by atoms with Crippen LogP contribution >= 0.6 is 11.6 Å². The zero-order chi connectivity index (χ0) is 16.2. The molecule has 22 heavy (non-hydrogen) atoms. The molecule has 8 heteroatoms. The highest BCUT2D eigenvalue weighted by Gasteiger charge is 2.17. The molecule has 0 aliphatic carbocycles. The normalized spacial score (nSPS) is 10.8. The number of hydrogen-bond donors (Lipinski definition) is 2. The number of benzene rings is 2. The van der Waals surface area contributed by atoms with E-state index in [2.05, 4.69) is 14.8 Å². The summed E-state index contributed by atoms with van der Waals surface area (Å²) >= 11 is 5.90. The number of anilines is 2. The molecule has 0 fully saturated rings. The minimum atomic E-state index is -3.82. The van der Waals surface area contributed by atoms with E-state index in [-0.39, 0.29) is 15.6 Å². The molecule has 0 saturated carbocycles. The van der Waals surface area contributed by atoms with Gasteiger partial charge in [-0.05, 0) is 30.3 Å². The number of hydrogen-bond acceptors (Lipinski definition) is 4. The Morgan fingerprint density at radius 1 is 1.09 bits per heavy atom. The van der Waals surface area contributed by atoms with Gasteiger partial charge in [-0.2, -0.15) is 0 Å². The highest BCUT2D eigenvalue weighted by atomic mass is 35.5. The van der Waals surface area contributed by atoms with E-state index in [0.29, 0.717) is 5.69 Å². The number of halogens is 1. The number of ether oxygens (including phenoxy) is 1. The molecule has 6 nitrogen and oxygen atoms in total. The highest BCUT2D eigenvalue weighted by Crippen LogP contribution is 2.24. The van der Waals surface area contributed by atoms with Gasteiger partial charge in [0, 0.05) is 5.69 Å². The Kier molecular flexibility index (Phi) is 4.89. The fourth-order valence-electron chi connectivity index (χ4n) is 1.70. The van der Waals surface area contributed by atoms with Gasteiger partial charge in [0.25, 0.3) is 10.0 Å². The molecule has 0 atom stereocenters. The van der Waals surface area contributed by atoms with E-state index in [4.69, 9.17) is 11.6 Å². The average Bonchev–Trinajstić information content (AvgIpc) is 2.47. The predicted octanol–water partition coefficient (Wildman–Crippen LogP) is 3.32. The van der Waals surface area contributed by atoms with Crippen molar-refractivity contribution in [2.75, 3.05) is 17.1 Å². The average molecular weight is 341 g/mol. The molecule has 116 valence electrons. The third-order valence-corrected chi connectivity index (χ3v) is 4.55. The van der Waals surface area contributed by atoms with Crippen LogP contribution in [0.15, 0.2) is 53.4 Å². The lowest BCUT2D eigenvalue weighted by Gasteiger charge is -2.11. The summed E-state index contributed by atoms with van der Waals surface area (Å²) in [6.45, 7) is 0. The van der Waals surface area contributed by atoms with Crippen LogP contribution in [0, 0.1) is 0 Å². The first-order valence-electron chi connectivity index (χ1n) is 6.15. The Labute approximate surface area is 133 Å². The van der Waals surface area contributed by atoms with Crippen molar-refractivity contribution < 1.29 is 17.9 Å². The standard InChI is InChI=1S/C14H13ClN2O4S/c1-21-14(18)16-10-5-4-6-11(9-10)17-22(19,20)13-8-3-2-7-12(13)15/h2-9,17H,1H3,(H,16,18). The Bertz CT molecular complexity index is 793. The van der Waals surface area contributed by atoms with Crippen molar-refractivity contribution in [3.63, 3.8) is 0 Å². The number of rotatable bonds is 4. The summed E-state index contributed by atoms with van der Waals surface area (Å²) in [5, 5.41) is 2.57. The summed E-state index contributed by atoms with van der Waals surface area (Å²) in [5.74, 6) is 0. The van der Waals surface area contributed by atoms with Gasteiger partial charge in [-0.15, -0.1) is 0 Å². The molecule has 0 spiro atoms. The summed E-state index contributed by atoms with van der Waals surface area (Å²) in [4.78, 5) is 11.1. The van der Waals surface area contributed by atoms with Crippen molar-refractivity contribution in [3.05, 3.63) is 53.6 Å². The molecule has 1 amide bonds. The number of nitrogens with one attached hydrogen (secondary N) is 2. The summed E-state index contributed by atoms with van der Waals surface area (Å²) in [6.07, 6.45) is -0.647. The quantitative estimate of drug-likeness (QED) is 0.894. The molecule has 2 rings (SSSR count). The van der Waals surface area contributed by atoms with Crippen molar-refractivity contribution in [2.45, 2.75) is 4.90 Å². The van der Waals surface area contributed by atoms with Crippen LogP contribution in [0.5, 0.6) is 0 Å². The smallest absolute Gasteiger partial charge is 0.411 e. The van der Waals surface area contributed by atoms with Crippen LogP contribution in [0.25, 0.3) is 0 Å².